The van der Waals surface area contributed by atoms with Gasteiger partial charge in [0.15, 0.2) is 0 Å². The molecule has 0 saturated carbocycles. The van der Waals surface area contributed by atoms with E-state index in [1.165, 1.54) is 0 Å². The predicted molar refractivity (Wildman–Crippen MR) is 72.4 cm³/mol. The van der Waals surface area contributed by atoms with Crippen LogP contribution in [0.5, 0.6) is 0 Å². The summed E-state index contributed by atoms with van der Waals surface area (Å²) in [5.41, 5.74) is -1.50. The van der Waals surface area contributed by atoms with Crippen LogP contribution in [0.3, 0.4) is 0 Å². The third-order valence-electron chi connectivity index (χ3n) is 4.44. The van der Waals surface area contributed by atoms with Crippen molar-refractivity contribution in [2.24, 2.45) is 0 Å². The Morgan fingerprint density at radius 3 is 2.68 bits per heavy atom. The molecule has 0 amide bonds. The van der Waals surface area contributed by atoms with Gasteiger partial charge in [-0.15, -0.1) is 0 Å². The molecule has 5 nitrogen and oxygen atoms in total. The number of hydrogen-bond donors (Lipinski definition) is 1. The second-order valence-corrected chi connectivity index (χ2v) is 5.80. The highest BCUT2D eigenvalue weighted by atomic mass is 19.4. The van der Waals surface area contributed by atoms with Crippen LogP contribution in [-0.2, 0) is 10.9 Å². The normalized spacial score (nSPS) is 25.5. The fourth-order valence-corrected chi connectivity index (χ4v) is 3.13. The van der Waals surface area contributed by atoms with E-state index in [1.54, 1.807) is 4.90 Å². The zero-order chi connectivity index (χ0) is 15.8. The van der Waals surface area contributed by atoms with Crippen molar-refractivity contribution < 1.29 is 23.0 Å². The van der Waals surface area contributed by atoms with E-state index in [1.807, 2.05) is 0 Å². The summed E-state index contributed by atoms with van der Waals surface area (Å²) in [5.74, 6) is 0.0787. The lowest BCUT2D eigenvalue weighted by atomic mass is 9.82. The van der Waals surface area contributed by atoms with E-state index >= 15 is 0 Å². The average molecular weight is 317 g/mol. The standard InChI is InChI=1S/C14H18F3N3O2/c15-14(16,17)10-3-6-18-12(19-10)20-7-4-13(5-8-20)11(21)2-1-9-22-13/h3,6,11,21H,1-2,4-5,7-9H2. The van der Waals surface area contributed by atoms with Gasteiger partial charge in [-0.1, -0.05) is 0 Å². The van der Waals surface area contributed by atoms with E-state index in [0.29, 0.717) is 39.0 Å². The second kappa shape index (κ2) is 5.66. The molecule has 1 spiro atoms. The molecule has 1 unspecified atom stereocenters. The summed E-state index contributed by atoms with van der Waals surface area (Å²) < 4.78 is 43.9. The highest BCUT2D eigenvalue weighted by Crippen LogP contribution is 2.36. The van der Waals surface area contributed by atoms with Crippen LogP contribution in [0, 0.1) is 0 Å². The van der Waals surface area contributed by atoms with Gasteiger partial charge in [0.1, 0.15) is 5.69 Å². The van der Waals surface area contributed by atoms with Crippen molar-refractivity contribution in [1.29, 1.82) is 0 Å². The van der Waals surface area contributed by atoms with Gasteiger partial charge in [-0.05, 0) is 31.7 Å². The van der Waals surface area contributed by atoms with Crippen molar-refractivity contribution in [3.8, 4) is 0 Å². The zero-order valence-corrected chi connectivity index (χ0v) is 12.0. The molecule has 0 aromatic carbocycles. The van der Waals surface area contributed by atoms with Crippen molar-refractivity contribution in [1.82, 2.24) is 9.97 Å². The third-order valence-corrected chi connectivity index (χ3v) is 4.44. The van der Waals surface area contributed by atoms with E-state index in [0.717, 1.165) is 18.7 Å². The molecule has 2 aliphatic rings. The summed E-state index contributed by atoms with van der Waals surface area (Å²) in [4.78, 5) is 9.26. The Balaban J connectivity index is 1.71. The minimum Gasteiger partial charge on any atom is -0.390 e. The summed E-state index contributed by atoms with van der Waals surface area (Å²) in [5, 5.41) is 10.2. The van der Waals surface area contributed by atoms with E-state index in [4.69, 9.17) is 4.74 Å². The van der Waals surface area contributed by atoms with Gasteiger partial charge in [0.2, 0.25) is 5.95 Å². The summed E-state index contributed by atoms with van der Waals surface area (Å²) in [6.07, 6.45) is -1.19. The Bertz CT molecular complexity index is 530. The molecule has 2 fully saturated rings. The molecule has 1 N–H and O–H groups in total. The van der Waals surface area contributed by atoms with Gasteiger partial charge in [-0.3, -0.25) is 0 Å². The summed E-state index contributed by atoms with van der Waals surface area (Å²) in [6, 6.07) is 0.864. The Morgan fingerprint density at radius 1 is 1.32 bits per heavy atom. The van der Waals surface area contributed by atoms with Crippen LogP contribution < -0.4 is 4.90 Å². The van der Waals surface area contributed by atoms with Gasteiger partial charge in [-0.2, -0.15) is 13.2 Å². The van der Waals surface area contributed by atoms with E-state index in [-0.39, 0.29) is 5.95 Å². The second-order valence-electron chi connectivity index (χ2n) is 5.80. The summed E-state index contributed by atoms with van der Waals surface area (Å²) in [7, 11) is 0. The molecule has 0 bridgehead atoms. The number of alkyl halides is 3. The number of nitrogens with zero attached hydrogens (tertiary/aromatic N) is 3. The van der Waals surface area contributed by atoms with Gasteiger partial charge >= 0.3 is 6.18 Å². The lowest BCUT2D eigenvalue weighted by Crippen LogP contribution is -2.55. The fourth-order valence-electron chi connectivity index (χ4n) is 3.13. The number of halogens is 3. The Labute approximate surface area is 126 Å². The molecule has 1 atom stereocenters. The number of aromatic nitrogens is 2. The molecule has 2 aliphatic heterocycles. The molecule has 1 aromatic heterocycles. The third kappa shape index (κ3) is 2.89. The number of aliphatic hydroxyl groups is 1. The molecular formula is C14H18F3N3O2. The number of aliphatic hydroxyl groups excluding tert-OH is 1. The minimum atomic E-state index is -4.47. The number of rotatable bonds is 1. The maximum absolute atomic E-state index is 12.7. The van der Waals surface area contributed by atoms with Crippen LogP contribution in [-0.4, -0.2) is 46.5 Å². The molecule has 0 aliphatic carbocycles. The van der Waals surface area contributed by atoms with Crippen molar-refractivity contribution in [2.75, 3.05) is 24.6 Å². The first-order valence-corrected chi connectivity index (χ1v) is 7.38. The Kier molecular flexibility index (Phi) is 3.98. The first-order valence-electron chi connectivity index (χ1n) is 7.38. The average Bonchev–Trinajstić information content (AvgIpc) is 2.51. The molecule has 8 heteroatoms. The molecule has 22 heavy (non-hydrogen) atoms. The molecule has 1 aromatic rings. The number of anilines is 1. The Morgan fingerprint density at radius 2 is 2.05 bits per heavy atom. The lowest BCUT2D eigenvalue weighted by molar-refractivity contribution is -0.164. The van der Waals surface area contributed by atoms with Crippen LogP contribution >= 0.6 is 0 Å². The van der Waals surface area contributed by atoms with Crippen molar-refractivity contribution in [2.45, 2.75) is 43.6 Å². The molecule has 3 heterocycles. The first-order chi connectivity index (χ1) is 10.4. The fraction of sp³-hybridized carbons (Fsp3) is 0.714. The quantitative estimate of drug-likeness (QED) is 0.858. The van der Waals surface area contributed by atoms with Gasteiger partial charge in [0.25, 0.3) is 0 Å². The topological polar surface area (TPSA) is 58.5 Å². The lowest BCUT2D eigenvalue weighted by Gasteiger charge is -2.46. The van der Waals surface area contributed by atoms with E-state index < -0.39 is 23.6 Å². The monoisotopic (exact) mass is 317 g/mol. The molecule has 2 saturated heterocycles. The van der Waals surface area contributed by atoms with Gasteiger partial charge in [-0.25, -0.2) is 9.97 Å². The smallest absolute Gasteiger partial charge is 0.390 e. The van der Waals surface area contributed by atoms with Gasteiger partial charge in [0.05, 0.1) is 11.7 Å². The summed E-state index contributed by atoms with van der Waals surface area (Å²) >= 11 is 0. The molecule has 122 valence electrons. The summed E-state index contributed by atoms with van der Waals surface area (Å²) in [6.45, 7) is 1.56. The number of hydrogen-bond acceptors (Lipinski definition) is 5. The highest BCUT2D eigenvalue weighted by Gasteiger charge is 2.44. The van der Waals surface area contributed by atoms with Crippen LogP contribution in [0.25, 0.3) is 0 Å². The zero-order valence-electron chi connectivity index (χ0n) is 12.0. The van der Waals surface area contributed by atoms with Gasteiger partial charge in [0, 0.05) is 25.9 Å². The van der Waals surface area contributed by atoms with Gasteiger partial charge < -0.3 is 14.7 Å². The minimum absolute atomic E-state index is 0.0787. The molecule has 3 rings (SSSR count). The largest absolute Gasteiger partial charge is 0.433 e. The van der Waals surface area contributed by atoms with E-state index in [2.05, 4.69) is 9.97 Å². The SMILES string of the molecule is OC1CCCOC12CCN(c1nccc(C(F)(F)F)n1)CC2. The molecule has 0 radical (unpaired) electrons. The predicted octanol–water partition coefficient (Wildman–Crippen LogP) is 2.01. The molecular weight excluding hydrogens is 299 g/mol. The highest BCUT2D eigenvalue weighted by molar-refractivity contribution is 5.32. The van der Waals surface area contributed by atoms with Crippen LogP contribution in [0.1, 0.15) is 31.4 Å². The maximum atomic E-state index is 12.7. The van der Waals surface area contributed by atoms with Crippen molar-refractivity contribution in [3.05, 3.63) is 18.0 Å². The Hall–Kier alpha value is -1.41. The maximum Gasteiger partial charge on any atom is 0.433 e. The van der Waals surface area contributed by atoms with Crippen LogP contribution in [0.2, 0.25) is 0 Å². The van der Waals surface area contributed by atoms with E-state index in [9.17, 15) is 18.3 Å². The van der Waals surface area contributed by atoms with Crippen LogP contribution in [0.4, 0.5) is 19.1 Å². The number of piperidine rings is 1. The van der Waals surface area contributed by atoms with Crippen molar-refractivity contribution in [3.63, 3.8) is 0 Å². The van der Waals surface area contributed by atoms with Crippen molar-refractivity contribution >= 4 is 5.95 Å². The first kappa shape index (κ1) is 15.5. The van der Waals surface area contributed by atoms with Crippen LogP contribution in [0.15, 0.2) is 12.3 Å². The number of ether oxygens (including phenoxy) is 1.